The molecule has 2 aromatic rings. The molecule has 0 spiro atoms. The highest BCUT2D eigenvalue weighted by Crippen LogP contribution is 2.36. The molecule has 2 heterocycles. The number of aryl methyl sites for hydroxylation is 1. The molecular formula is C19H24N4O4S. The summed E-state index contributed by atoms with van der Waals surface area (Å²) in [5, 5.41) is 0.536. The Hall–Kier alpha value is -2.52. The number of thiazole rings is 1. The Labute approximate surface area is 167 Å². The highest BCUT2D eigenvalue weighted by molar-refractivity contribution is 7.22. The van der Waals surface area contributed by atoms with Crippen molar-refractivity contribution in [2.75, 3.05) is 45.7 Å². The van der Waals surface area contributed by atoms with E-state index in [4.69, 9.17) is 4.74 Å². The summed E-state index contributed by atoms with van der Waals surface area (Å²) in [5.74, 6) is -0.269. The highest BCUT2D eigenvalue weighted by Gasteiger charge is 2.33. The number of aromatic nitrogens is 1. The number of carbonyl (C=O) groups is 3. The summed E-state index contributed by atoms with van der Waals surface area (Å²) < 4.78 is 6.35. The second kappa shape index (κ2) is 8.24. The summed E-state index contributed by atoms with van der Waals surface area (Å²) in [6.45, 7) is 2.76. The lowest BCUT2D eigenvalue weighted by molar-refractivity contribution is -0.141. The van der Waals surface area contributed by atoms with Crippen molar-refractivity contribution in [3.8, 4) is 5.75 Å². The maximum atomic E-state index is 13.0. The first-order valence-electron chi connectivity index (χ1n) is 9.04. The fourth-order valence-corrected chi connectivity index (χ4v) is 4.12. The fourth-order valence-electron chi connectivity index (χ4n) is 3.03. The number of amides is 3. The second-order valence-electron chi connectivity index (χ2n) is 6.98. The van der Waals surface area contributed by atoms with Crippen molar-refractivity contribution in [2.24, 2.45) is 0 Å². The van der Waals surface area contributed by atoms with Crippen LogP contribution < -0.4 is 9.64 Å². The van der Waals surface area contributed by atoms with Crippen LogP contribution in [-0.4, -0.2) is 73.3 Å². The van der Waals surface area contributed by atoms with Crippen LogP contribution >= 0.6 is 11.3 Å². The van der Waals surface area contributed by atoms with Gasteiger partial charge in [-0.15, -0.1) is 0 Å². The van der Waals surface area contributed by atoms with Crippen molar-refractivity contribution in [3.05, 3.63) is 17.7 Å². The molecule has 28 heavy (non-hydrogen) atoms. The van der Waals surface area contributed by atoms with Gasteiger partial charge in [0, 0.05) is 25.9 Å². The van der Waals surface area contributed by atoms with E-state index in [1.165, 1.54) is 11.3 Å². The van der Waals surface area contributed by atoms with E-state index in [9.17, 15) is 14.4 Å². The van der Waals surface area contributed by atoms with Gasteiger partial charge in [0.25, 0.3) is 0 Å². The van der Waals surface area contributed by atoms with E-state index in [2.05, 4.69) is 4.98 Å². The van der Waals surface area contributed by atoms with Gasteiger partial charge < -0.3 is 9.64 Å². The molecule has 8 nitrogen and oxygen atoms in total. The van der Waals surface area contributed by atoms with Gasteiger partial charge in [0.1, 0.15) is 17.8 Å². The Kier molecular flexibility index (Phi) is 5.95. The van der Waals surface area contributed by atoms with Crippen LogP contribution in [0.2, 0.25) is 0 Å². The first-order valence-corrected chi connectivity index (χ1v) is 9.86. The number of hydrogen-bond donors (Lipinski definition) is 0. The van der Waals surface area contributed by atoms with Crippen LogP contribution in [0.15, 0.2) is 12.1 Å². The first-order chi connectivity index (χ1) is 13.3. The predicted molar refractivity (Wildman–Crippen MR) is 108 cm³/mol. The van der Waals surface area contributed by atoms with Gasteiger partial charge in [-0.05, 0) is 32.6 Å². The van der Waals surface area contributed by atoms with Crippen LogP contribution in [0.25, 0.3) is 10.2 Å². The van der Waals surface area contributed by atoms with E-state index in [-0.39, 0.29) is 37.1 Å². The van der Waals surface area contributed by atoms with Gasteiger partial charge >= 0.3 is 0 Å². The maximum absolute atomic E-state index is 13.0. The number of nitrogens with zero attached hydrogens (tertiary/aromatic N) is 4. The third-order valence-electron chi connectivity index (χ3n) is 4.66. The van der Waals surface area contributed by atoms with E-state index in [0.29, 0.717) is 29.5 Å². The van der Waals surface area contributed by atoms with Crippen LogP contribution in [0, 0.1) is 6.92 Å². The number of anilines is 1. The van der Waals surface area contributed by atoms with Crippen molar-refractivity contribution in [1.82, 2.24) is 14.8 Å². The fraction of sp³-hybridized carbons (Fsp3) is 0.474. The lowest BCUT2D eigenvalue weighted by Gasteiger charge is -2.24. The van der Waals surface area contributed by atoms with E-state index in [1.807, 2.05) is 38.1 Å². The summed E-state index contributed by atoms with van der Waals surface area (Å²) >= 11 is 1.41. The van der Waals surface area contributed by atoms with Crippen LogP contribution in [0.1, 0.15) is 18.4 Å². The van der Waals surface area contributed by atoms with E-state index in [1.54, 1.807) is 12.0 Å². The van der Waals surface area contributed by atoms with Crippen LogP contribution in [0.5, 0.6) is 5.75 Å². The van der Waals surface area contributed by atoms with E-state index in [0.717, 1.165) is 15.2 Å². The summed E-state index contributed by atoms with van der Waals surface area (Å²) in [6.07, 6.45) is 0.336. The van der Waals surface area contributed by atoms with Gasteiger partial charge in [-0.25, -0.2) is 4.98 Å². The number of ether oxygens (including phenoxy) is 1. The number of rotatable bonds is 7. The molecule has 0 unspecified atom stereocenters. The van der Waals surface area contributed by atoms with Gasteiger partial charge in [0.2, 0.25) is 17.7 Å². The van der Waals surface area contributed by atoms with Gasteiger partial charge in [-0.1, -0.05) is 17.4 Å². The van der Waals surface area contributed by atoms with E-state index >= 15 is 0 Å². The number of likely N-dealkylation sites (N-methyl/N-ethyl adjacent to an activating group) is 1. The molecule has 0 aliphatic carbocycles. The third-order valence-corrected chi connectivity index (χ3v) is 5.88. The minimum Gasteiger partial charge on any atom is -0.494 e. The summed E-state index contributed by atoms with van der Waals surface area (Å²) in [7, 11) is 5.42. The Morgan fingerprint density at radius 2 is 1.89 bits per heavy atom. The molecule has 3 amide bonds. The molecule has 9 heteroatoms. The number of fused-ring (bicyclic) bond motifs is 1. The largest absolute Gasteiger partial charge is 0.494 e. The average Bonchev–Trinajstić information content (AvgIpc) is 3.22. The van der Waals surface area contributed by atoms with Gasteiger partial charge in [0.05, 0.1) is 11.8 Å². The molecule has 1 aromatic heterocycles. The average molecular weight is 404 g/mol. The Balaban J connectivity index is 1.94. The van der Waals surface area contributed by atoms with Gasteiger partial charge in [0.15, 0.2) is 5.13 Å². The lowest BCUT2D eigenvalue weighted by atomic mass is 10.2. The molecule has 1 aliphatic heterocycles. The smallest absolute Gasteiger partial charge is 0.248 e. The molecule has 0 bridgehead atoms. The molecule has 3 rings (SSSR count). The zero-order valence-electron chi connectivity index (χ0n) is 16.5. The number of carbonyl (C=O) groups excluding carboxylic acids is 3. The van der Waals surface area contributed by atoms with Crippen molar-refractivity contribution in [3.63, 3.8) is 0 Å². The first kappa shape index (κ1) is 20.2. The topological polar surface area (TPSA) is 83.0 Å². The SMILES string of the molecule is COc1ccc(C)c2sc(N(CCN(C)C)C(=O)CN3C(=O)CCC3=O)nc12. The minimum absolute atomic E-state index is 0.168. The molecule has 1 saturated heterocycles. The molecule has 0 radical (unpaired) electrons. The van der Waals surface area contributed by atoms with Crippen LogP contribution in [-0.2, 0) is 14.4 Å². The van der Waals surface area contributed by atoms with Crippen molar-refractivity contribution >= 4 is 44.4 Å². The maximum Gasteiger partial charge on any atom is 0.248 e. The Morgan fingerprint density at radius 1 is 1.21 bits per heavy atom. The molecule has 0 atom stereocenters. The van der Waals surface area contributed by atoms with Crippen LogP contribution in [0.3, 0.4) is 0 Å². The number of benzene rings is 1. The molecule has 150 valence electrons. The minimum atomic E-state index is -0.318. The zero-order chi connectivity index (χ0) is 20.4. The van der Waals surface area contributed by atoms with E-state index < -0.39 is 0 Å². The molecule has 1 fully saturated rings. The number of likely N-dealkylation sites (tertiary alicyclic amines) is 1. The van der Waals surface area contributed by atoms with Crippen LogP contribution in [0.4, 0.5) is 5.13 Å². The molecule has 1 aliphatic rings. The van der Waals surface area contributed by atoms with Crippen molar-refractivity contribution in [2.45, 2.75) is 19.8 Å². The highest BCUT2D eigenvalue weighted by atomic mass is 32.1. The number of imide groups is 1. The molecular weight excluding hydrogens is 380 g/mol. The second-order valence-corrected chi connectivity index (χ2v) is 7.96. The third kappa shape index (κ3) is 4.00. The monoisotopic (exact) mass is 404 g/mol. The number of hydrogen-bond acceptors (Lipinski definition) is 7. The standard InChI is InChI=1S/C19H24N4O4S/c1-12-5-6-13(27-4)17-18(12)28-19(20-17)22(10-9-21(2)3)16(26)11-23-14(24)7-8-15(23)25/h5-6H,7-11H2,1-4H3. The van der Waals surface area contributed by atoms with Crippen molar-refractivity contribution in [1.29, 1.82) is 0 Å². The summed E-state index contributed by atoms with van der Waals surface area (Å²) in [4.78, 5) is 46.1. The quantitative estimate of drug-likeness (QED) is 0.653. The van der Waals surface area contributed by atoms with Crippen molar-refractivity contribution < 1.29 is 19.1 Å². The predicted octanol–water partition coefficient (Wildman–Crippen LogP) is 1.66. The summed E-state index contributed by atoms with van der Waals surface area (Å²) in [5.41, 5.74) is 1.75. The Bertz CT molecular complexity index is 908. The molecule has 0 N–H and O–H groups in total. The van der Waals surface area contributed by atoms with Gasteiger partial charge in [-0.3, -0.25) is 24.2 Å². The number of methoxy groups -OCH3 is 1. The van der Waals surface area contributed by atoms with Gasteiger partial charge in [-0.2, -0.15) is 0 Å². The lowest BCUT2D eigenvalue weighted by Crippen LogP contribution is -2.44. The molecule has 1 aromatic carbocycles. The summed E-state index contributed by atoms with van der Waals surface area (Å²) in [6, 6.07) is 3.81. The molecule has 0 saturated carbocycles. The Morgan fingerprint density at radius 3 is 2.50 bits per heavy atom. The zero-order valence-corrected chi connectivity index (χ0v) is 17.3. The normalized spacial score (nSPS) is 14.4.